The van der Waals surface area contributed by atoms with Gasteiger partial charge < -0.3 is 10.6 Å². The summed E-state index contributed by atoms with van der Waals surface area (Å²) in [5, 5.41) is 6.91. The van der Waals surface area contributed by atoms with Crippen LogP contribution in [0.2, 0.25) is 0 Å². The molecule has 2 heterocycles. The Kier molecular flexibility index (Phi) is 8.30. The number of carbonyl (C=O) groups excluding carboxylic acids is 1. The summed E-state index contributed by atoms with van der Waals surface area (Å²) in [4.78, 5) is 32.2. The normalized spacial score (nSPS) is 11.4. The highest BCUT2D eigenvalue weighted by Crippen LogP contribution is 2.35. The second-order valence-corrected chi connectivity index (χ2v) is 10.5. The molecule has 2 N–H and O–H groups in total. The van der Waals surface area contributed by atoms with Crippen LogP contribution in [0.25, 0.3) is 22.2 Å². The predicted octanol–water partition coefficient (Wildman–Crippen LogP) is 8.06. The lowest BCUT2D eigenvalue weighted by Gasteiger charge is -2.22. The summed E-state index contributed by atoms with van der Waals surface area (Å²) in [6.07, 6.45) is 3.48. The maximum atomic E-state index is 14.0. The van der Waals surface area contributed by atoms with Gasteiger partial charge in [-0.2, -0.15) is 0 Å². The molecule has 4 aromatic rings. The van der Waals surface area contributed by atoms with Crippen molar-refractivity contribution in [3.05, 3.63) is 87.8 Å². The SMILES string of the molecule is CCCCn1c(=O)c(NC(=O)Nc2c(C(C)C)cccc2C(C)C)c(-c2cccc(C)c2)c2cccnc21. The maximum absolute atomic E-state index is 14.0. The zero-order valence-corrected chi connectivity index (χ0v) is 23.3. The largest absolute Gasteiger partial charge is 0.323 e. The van der Waals surface area contributed by atoms with Crippen LogP contribution < -0.4 is 16.2 Å². The average Bonchev–Trinajstić information content (AvgIpc) is 2.88. The van der Waals surface area contributed by atoms with Gasteiger partial charge in [-0.15, -0.1) is 0 Å². The minimum atomic E-state index is -0.434. The molecule has 2 amide bonds. The fraction of sp³-hybridized carbons (Fsp3) is 0.344. The number of aromatic nitrogens is 2. The van der Waals surface area contributed by atoms with E-state index in [1.165, 1.54) is 0 Å². The second kappa shape index (κ2) is 11.6. The van der Waals surface area contributed by atoms with Crippen LogP contribution in [-0.4, -0.2) is 15.6 Å². The van der Waals surface area contributed by atoms with Gasteiger partial charge in [-0.25, -0.2) is 9.78 Å². The van der Waals surface area contributed by atoms with Crippen molar-refractivity contribution in [2.45, 2.75) is 72.8 Å². The molecule has 0 aliphatic carbocycles. The first-order valence-electron chi connectivity index (χ1n) is 13.5. The van der Waals surface area contributed by atoms with E-state index in [1.807, 2.05) is 61.5 Å². The van der Waals surface area contributed by atoms with Gasteiger partial charge in [0.2, 0.25) is 0 Å². The number of urea groups is 1. The molecular formula is C32H38N4O2. The van der Waals surface area contributed by atoms with Crippen molar-refractivity contribution >= 4 is 28.4 Å². The number of nitrogens with zero attached hydrogens (tertiary/aromatic N) is 2. The van der Waals surface area contributed by atoms with Crippen LogP contribution in [-0.2, 0) is 6.54 Å². The molecule has 0 bridgehead atoms. The molecule has 0 saturated carbocycles. The van der Waals surface area contributed by atoms with Gasteiger partial charge in [-0.3, -0.25) is 9.36 Å². The smallest absolute Gasteiger partial charge is 0.307 e. The number of hydrogen-bond donors (Lipinski definition) is 2. The van der Waals surface area contributed by atoms with Gasteiger partial charge >= 0.3 is 6.03 Å². The summed E-state index contributed by atoms with van der Waals surface area (Å²) >= 11 is 0. The van der Waals surface area contributed by atoms with E-state index < -0.39 is 6.03 Å². The number of pyridine rings is 2. The predicted molar refractivity (Wildman–Crippen MR) is 158 cm³/mol. The number of hydrogen-bond acceptors (Lipinski definition) is 3. The average molecular weight is 511 g/mol. The molecule has 0 spiro atoms. The van der Waals surface area contributed by atoms with Crippen LogP contribution in [0.15, 0.2) is 65.6 Å². The van der Waals surface area contributed by atoms with Crippen molar-refractivity contribution in [3.8, 4) is 11.1 Å². The monoisotopic (exact) mass is 510 g/mol. The minimum absolute atomic E-state index is 0.227. The van der Waals surface area contributed by atoms with E-state index in [9.17, 15) is 9.59 Å². The van der Waals surface area contributed by atoms with Crippen LogP contribution in [0.4, 0.5) is 16.2 Å². The van der Waals surface area contributed by atoms with Crippen molar-refractivity contribution in [3.63, 3.8) is 0 Å². The number of rotatable bonds is 8. The number of anilines is 2. The van der Waals surface area contributed by atoms with Crippen molar-refractivity contribution in [2.75, 3.05) is 10.6 Å². The van der Waals surface area contributed by atoms with Gasteiger partial charge in [0, 0.05) is 29.4 Å². The van der Waals surface area contributed by atoms with Gasteiger partial charge in [-0.1, -0.05) is 89.1 Å². The number of carbonyl (C=O) groups is 1. The number of amides is 2. The fourth-order valence-electron chi connectivity index (χ4n) is 4.97. The standard InChI is InChI=1S/C32H38N4O2/c1-7-8-18-36-30-26(16-11-17-33-30)27(23-13-9-12-22(6)19-23)29(31(36)37)35-32(38)34-28-24(20(2)3)14-10-15-25(28)21(4)5/h9-17,19-21H,7-8,18H2,1-6H3,(H2,34,35,38). The third-order valence-corrected chi connectivity index (χ3v) is 6.91. The third-order valence-electron chi connectivity index (χ3n) is 6.91. The zero-order chi connectivity index (χ0) is 27.4. The van der Waals surface area contributed by atoms with Gasteiger partial charge in [-0.05, 0) is 54.0 Å². The van der Waals surface area contributed by atoms with Crippen molar-refractivity contribution in [1.29, 1.82) is 0 Å². The Labute approximate surface area is 225 Å². The van der Waals surface area contributed by atoms with E-state index in [4.69, 9.17) is 0 Å². The number of aryl methyl sites for hydroxylation is 2. The van der Waals surface area contributed by atoms with E-state index in [0.29, 0.717) is 17.8 Å². The quantitative estimate of drug-likeness (QED) is 0.252. The maximum Gasteiger partial charge on any atom is 0.323 e. The summed E-state index contributed by atoms with van der Waals surface area (Å²) < 4.78 is 1.69. The molecule has 4 rings (SSSR count). The van der Waals surface area contributed by atoms with Crippen LogP contribution in [0, 0.1) is 6.92 Å². The molecule has 0 radical (unpaired) electrons. The Morgan fingerprint density at radius 2 is 1.58 bits per heavy atom. The lowest BCUT2D eigenvalue weighted by molar-refractivity contribution is 0.262. The molecular weight excluding hydrogens is 472 g/mol. The van der Waals surface area contributed by atoms with Gasteiger partial charge in [0.05, 0.1) is 0 Å². The van der Waals surface area contributed by atoms with Gasteiger partial charge in [0.1, 0.15) is 11.3 Å². The molecule has 2 aromatic carbocycles. The molecule has 6 heteroatoms. The topological polar surface area (TPSA) is 76.0 Å². The van der Waals surface area contributed by atoms with Crippen LogP contribution in [0.5, 0.6) is 0 Å². The highest BCUT2D eigenvalue weighted by atomic mass is 16.2. The van der Waals surface area contributed by atoms with Crippen LogP contribution >= 0.6 is 0 Å². The van der Waals surface area contributed by atoms with Gasteiger partial charge in [0.25, 0.3) is 5.56 Å². The van der Waals surface area contributed by atoms with Crippen LogP contribution in [0.1, 0.15) is 76.0 Å². The summed E-state index contributed by atoms with van der Waals surface area (Å²) in [5.41, 5.74) is 6.19. The van der Waals surface area contributed by atoms with E-state index in [1.54, 1.807) is 10.8 Å². The third kappa shape index (κ3) is 5.49. The molecule has 38 heavy (non-hydrogen) atoms. The number of benzene rings is 2. The summed E-state index contributed by atoms with van der Waals surface area (Å²) in [6.45, 7) is 13.1. The Balaban J connectivity index is 1.89. The zero-order valence-electron chi connectivity index (χ0n) is 23.3. The van der Waals surface area contributed by atoms with E-state index in [0.717, 1.165) is 46.2 Å². The molecule has 198 valence electrons. The lowest BCUT2D eigenvalue weighted by atomic mass is 9.93. The van der Waals surface area contributed by atoms with Crippen LogP contribution in [0.3, 0.4) is 0 Å². The van der Waals surface area contributed by atoms with Crippen molar-refractivity contribution in [1.82, 2.24) is 9.55 Å². The molecule has 0 unspecified atom stereocenters. The number of para-hydroxylation sites is 1. The Morgan fingerprint density at radius 1 is 0.921 bits per heavy atom. The fourth-order valence-corrected chi connectivity index (χ4v) is 4.97. The molecule has 0 aliphatic rings. The Hall–Kier alpha value is -3.93. The minimum Gasteiger partial charge on any atom is -0.307 e. The molecule has 6 nitrogen and oxygen atoms in total. The van der Waals surface area contributed by atoms with E-state index >= 15 is 0 Å². The highest BCUT2D eigenvalue weighted by molar-refractivity contribution is 6.07. The summed E-state index contributed by atoms with van der Waals surface area (Å²) in [7, 11) is 0. The molecule has 2 aromatic heterocycles. The second-order valence-electron chi connectivity index (χ2n) is 10.5. The Bertz CT molecular complexity index is 1490. The summed E-state index contributed by atoms with van der Waals surface area (Å²) in [5.74, 6) is 0.453. The van der Waals surface area contributed by atoms with E-state index in [-0.39, 0.29) is 23.1 Å². The molecule has 0 saturated heterocycles. The number of nitrogens with one attached hydrogen (secondary N) is 2. The molecule has 0 fully saturated rings. The van der Waals surface area contributed by atoms with E-state index in [2.05, 4.69) is 50.2 Å². The number of unbranched alkanes of at least 4 members (excludes halogenated alkanes) is 1. The van der Waals surface area contributed by atoms with Crippen molar-refractivity contribution in [2.24, 2.45) is 0 Å². The summed E-state index contributed by atoms with van der Waals surface area (Å²) in [6, 6.07) is 17.5. The number of fused-ring (bicyclic) bond motifs is 1. The first kappa shape index (κ1) is 27.1. The first-order chi connectivity index (χ1) is 18.2. The lowest BCUT2D eigenvalue weighted by Crippen LogP contribution is -2.30. The van der Waals surface area contributed by atoms with Gasteiger partial charge in [0.15, 0.2) is 0 Å². The molecule has 0 aliphatic heterocycles. The first-order valence-corrected chi connectivity index (χ1v) is 13.5. The Morgan fingerprint density at radius 3 is 2.21 bits per heavy atom. The highest BCUT2D eigenvalue weighted by Gasteiger charge is 2.22. The molecule has 0 atom stereocenters. The van der Waals surface area contributed by atoms with Crippen molar-refractivity contribution < 1.29 is 4.79 Å².